The number of carbonyl (C=O) groups excluding carboxylic acids is 1. The zero-order valence-electron chi connectivity index (χ0n) is 15.3. The standard InChI is InChI=1S/C19H27N3O2S/c1-4-5-8-22-13(2)16(10-18(22)17-12-25-14(3)21-17)19(23)20-11-15-7-6-9-24-15/h10,12,15H,4-9,11H2,1-3H3,(H,20,23). The number of unbranched alkanes of at least 4 members (excludes halogenated alkanes) is 1. The quantitative estimate of drug-likeness (QED) is 0.813. The monoisotopic (exact) mass is 361 g/mol. The Morgan fingerprint density at radius 2 is 2.32 bits per heavy atom. The van der Waals surface area contributed by atoms with Crippen molar-refractivity contribution in [1.29, 1.82) is 0 Å². The second kappa shape index (κ2) is 8.15. The van der Waals surface area contributed by atoms with Gasteiger partial charge in [0, 0.05) is 30.8 Å². The number of nitrogens with one attached hydrogen (secondary N) is 1. The van der Waals surface area contributed by atoms with Crippen molar-refractivity contribution in [2.45, 2.75) is 59.1 Å². The molecule has 136 valence electrons. The highest BCUT2D eigenvalue weighted by molar-refractivity contribution is 7.09. The van der Waals surface area contributed by atoms with E-state index >= 15 is 0 Å². The van der Waals surface area contributed by atoms with Crippen LogP contribution in [0.1, 0.15) is 53.7 Å². The van der Waals surface area contributed by atoms with E-state index in [9.17, 15) is 4.79 Å². The van der Waals surface area contributed by atoms with Gasteiger partial charge < -0.3 is 14.6 Å². The van der Waals surface area contributed by atoms with E-state index < -0.39 is 0 Å². The van der Waals surface area contributed by atoms with Crippen molar-refractivity contribution in [1.82, 2.24) is 14.9 Å². The Bertz CT molecular complexity index is 729. The number of aromatic nitrogens is 2. The molecule has 5 nitrogen and oxygen atoms in total. The van der Waals surface area contributed by atoms with Crippen LogP contribution >= 0.6 is 11.3 Å². The molecule has 3 rings (SSSR count). The number of aryl methyl sites for hydroxylation is 1. The lowest BCUT2D eigenvalue weighted by molar-refractivity contribution is 0.0857. The summed E-state index contributed by atoms with van der Waals surface area (Å²) in [5.74, 6) is -0.0172. The lowest BCUT2D eigenvalue weighted by Gasteiger charge is -2.12. The minimum Gasteiger partial charge on any atom is -0.376 e. The average Bonchev–Trinajstić information content (AvgIpc) is 3.32. The maximum absolute atomic E-state index is 12.7. The maximum atomic E-state index is 12.7. The van der Waals surface area contributed by atoms with Crippen LogP contribution in [0, 0.1) is 13.8 Å². The summed E-state index contributed by atoms with van der Waals surface area (Å²) in [5.41, 5.74) is 3.76. The first-order valence-corrected chi connectivity index (χ1v) is 10.0. The van der Waals surface area contributed by atoms with Gasteiger partial charge in [0.1, 0.15) is 0 Å². The fourth-order valence-electron chi connectivity index (χ4n) is 3.28. The van der Waals surface area contributed by atoms with Crippen molar-refractivity contribution < 1.29 is 9.53 Å². The Kier molecular flexibility index (Phi) is 5.91. The minimum absolute atomic E-state index is 0.0172. The molecule has 1 amide bonds. The second-order valence-corrected chi connectivity index (χ2v) is 7.69. The fourth-order valence-corrected chi connectivity index (χ4v) is 3.89. The molecule has 1 saturated heterocycles. The summed E-state index contributed by atoms with van der Waals surface area (Å²) in [4.78, 5) is 17.3. The molecule has 2 aromatic rings. The van der Waals surface area contributed by atoms with Crippen LogP contribution in [-0.4, -0.2) is 34.7 Å². The molecule has 0 spiro atoms. The van der Waals surface area contributed by atoms with Gasteiger partial charge >= 0.3 is 0 Å². The minimum atomic E-state index is -0.0172. The summed E-state index contributed by atoms with van der Waals surface area (Å²) in [6.45, 7) is 8.52. The van der Waals surface area contributed by atoms with Gasteiger partial charge in [-0.2, -0.15) is 0 Å². The summed E-state index contributed by atoms with van der Waals surface area (Å²) in [6, 6.07) is 1.99. The van der Waals surface area contributed by atoms with Crippen molar-refractivity contribution in [2.75, 3.05) is 13.2 Å². The van der Waals surface area contributed by atoms with Gasteiger partial charge in [0.2, 0.25) is 0 Å². The van der Waals surface area contributed by atoms with E-state index in [1.54, 1.807) is 11.3 Å². The van der Waals surface area contributed by atoms with Crippen LogP contribution in [-0.2, 0) is 11.3 Å². The van der Waals surface area contributed by atoms with E-state index in [1.165, 1.54) is 0 Å². The summed E-state index contributed by atoms with van der Waals surface area (Å²) < 4.78 is 7.83. The molecule has 0 radical (unpaired) electrons. The van der Waals surface area contributed by atoms with Crippen LogP contribution in [0.2, 0.25) is 0 Å². The van der Waals surface area contributed by atoms with Crippen LogP contribution < -0.4 is 5.32 Å². The van der Waals surface area contributed by atoms with Gasteiger partial charge in [-0.1, -0.05) is 13.3 Å². The normalized spacial score (nSPS) is 17.2. The van der Waals surface area contributed by atoms with Crippen LogP contribution in [0.4, 0.5) is 0 Å². The first kappa shape index (κ1) is 18.1. The summed E-state index contributed by atoms with van der Waals surface area (Å²) in [7, 11) is 0. The van der Waals surface area contributed by atoms with Gasteiger partial charge in [-0.25, -0.2) is 4.98 Å². The Morgan fingerprint density at radius 3 is 2.96 bits per heavy atom. The molecule has 1 unspecified atom stereocenters. The van der Waals surface area contributed by atoms with Crippen LogP contribution in [0.15, 0.2) is 11.4 Å². The molecule has 0 aromatic carbocycles. The largest absolute Gasteiger partial charge is 0.376 e. The Hall–Kier alpha value is -1.66. The van der Waals surface area contributed by atoms with Gasteiger partial charge in [0.05, 0.1) is 28.1 Å². The predicted molar refractivity (Wildman–Crippen MR) is 101 cm³/mol. The molecule has 1 aliphatic heterocycles. The predicted octanol–water partition coefficient (Wildman–Crippen LogP) is 3.94. The van der Waals surface area contributed by atoms with Crippen molar-refractivity contribution in [3.63, 3.8) is 0 Å². The third kappa shape index (κ3) is 4.12. The van der Waals surface area contributed by atoms with Gasteiger partial charge in [-0.15, -0.1) is 11.3 Å². The molecule has 1 atom stereocenters. The molecule has 0 aliphatic carbocycles. The fraction of sp³-hybridized carbons (Fsp3) is 0.579. The van der Waals surface area contributed by atoms with Crippen LogP contribution in [0.25, 0.3) is 11.4 Å². The zero-order chi connectivity index (χ0) is 17.8. The van der Waals surface area contributed by atoms with Crippen molar-refractivity contribution in [2.24, 2.45) is 0 Å². The topological polar surface area (TPSA) is 56.2 Å². The highest BCUT2D eigenvalue weighted by Crippen LogP contribution is 2.27. The van der Waals surface area contributed by atoms with Crippen molar-refractivity contribution in [3.8, 4) is 11.4 Å². The number of nitrogens with zero attached hydrogens (tertiary/aromatic N) is 2. The van der Waals surface area contributed by atoms with E-state index in [0.29, 0.717) is 6.54 Å². The molecule has 1 N–H and O–H groups in total. The summed E-state index contributed by atoms with van der Waals surface area (Å²) >= 11 is 1.64. The van der Waals surface area contributed by atoms with Gasteiger partial charge in [-0.05, 0) is 39.2 Å². The third-order valence-electron chi connectivity index (χ3n) is 4.74. The molecule has 25 heavy (non-hydrogen) atoms. The molecular formula is C19H27N3O2S. The van der Waals surface area contributed by atoms with Gasteiger partial charge in [0.15, 0.2) is 0 Å². The number of rotatable bonds is 7. The van der Waals surface area contributed by atoms with E-state index in [-0.39, 0.29) is 12.0 Å². The highest BCUT2D eigenvalue weighted by atomic mass is 32.1. The Balaban J connectivity index is 1.83. The summed E-state index contributed by atoms with van der Waals surface area (Å²) in [5, 5.41) is 6.15. The smallest absolute Gasteiger partial charge is 0.253 e. The van der Waals surface area contributed by atoms with E-state index in [2.05, 4.69) is 27.2 Å². The molecule has 2 aromatic heterocycles. The van der Waals surface area contributed by atoms with Crippen LogP contribution in [0.3, 0.4) is 0 Å². The first-order chi connectivity index (χ1) is 12.1. The molecule has 3 heterocycles. The highest BCUT2D eigenvalue weighted by Gasteiger charge is 2.21. The average molecular weight is 362 g/mol. The first-order valence-electron chi connectivity index (χ1n) is 9.12. The zero-order valence-corrected chi connectivity index (χ0v) is 16.1. The second-order valence-electron chi connectivity index (χ2n) is 6.63. The third-order valence-corrected chi connectivity index (χ3v) is 5.52. The number of hydrogen-bond acceptors (Lipinski definition) is 4. The SMILES string of the molecule is CCCCn1c(-c2csc(C)n2)cc(C(=O)NCC2CCCO2)c1C. The number of thiazole rings is 1. The Labute approximate surface area is 153 Å². The molecular weight excluding hydrogens is 334 g/mol. The van der Waals surface area contributed by atoms with Gasteiger partial charge in [-0.3, -0.25) is 4.79 Å². The lowest BCUT2D eigenvalue weighted by Crippen LogP contribution is -2.32. The number of carbonyl (C=O) groups is 1. The molecule has 0 saturated carbocycles. The summed E-state index contributed by atoms with van der Waals surface area (Å²) in [6.07, 6.45) is 4.48. The Morgan fingerprint density at radius 1 is 1.48 bits per heavy atom. The van der Waals surface area contributed by atoms with E-state index in [4.69, 9.17) is 4.74 Å². The van der Waals surface area contributed by atoms with E-state index in [1.807, 2.05) is 19.9 Å². The number of hydrogen-bond donors (Lipinski definition) is 1. The molecule has 1 aliphatic rings. The van der Waals surface area contributed by atoms with Crippen LogP contribution in [0.5, 0.6) is 0 Å². The molecule has 1 fully saturated rings. The molecule has 6 heteroatoms. The maximum Gasteiger partial charge on any atom is 0.253 e. The van der Waals surface area contributed by atoms with Gasteiger partial charge in [0.25, 0.3) is 5.91 Å². The van der Waals surface area contributed by atoms with Crippen molar-refractivity contribution in [3.05, 3.63) is 27.7 Å². The van der Waals surface area contributed by atoms with E-state index in [0.717, 1.165) is 66.5 Å². The number of amides is 1. The van der Waals surface area contributed by atoms with Crippen molar-refractivity contribution >= 4 is 17.2 Å². The molecule has 0 bridgehead atoms. The number of ether oxygens (including phenoxy) is 1. The lowest BCUT2D eigenvalue weighted by atomic mass is 10.2.